The fraction of sp³-hybridized carbons (Fsp3) is 0.900. The summed E-state index contributed by atoms with van der Waals surface area (Å²) in [5.41, 5.74) is 0. The molecule has 1 aliphatic heterocycles. The van der Waals surface area contributed by atoms with E-state index in [2.05, 4.69) is 27.7 Å². The topological polar surface area (TPSA) is 37.3 Å². The molecule has 1 saturated heterocycles. The molecular weight excluding hydrogens is 184 g/mol. The van der Waals surface area contributed by atoms with Crippen LogP contribution < -0.4 is 0 Å². The van der Waals surface area contributed by atoms with Crippen LogP contribution in [0.3, 0.4) is 0 Å². The summed E-state index contributed by atoms with van der Waals surface area (Å²) in [4.78, 5) is 10.9. The van der Waals surface area contributed by atoms with E-state index in [0.29, 0.717) is 0 Å². The molecule has 0 saturated carbocycles. The maximum absolute atomic E-state index is 10.9. The van der Waals surface area contributed by atoms with Crippen LogP contribution >= 0.6 is 11.8 Å². The monoisotopic (exact) mass is 202 g/mol. The molecular formula is C10H18O2S. The van der Waals surface area contributed by atoms with E-state index >= 15 is 0 Å². The van der Waals surface area contributed by atoms with Gasteiger partial charge in [0.1, 0.15) is 0 Å². The maximum atomic E-state index is 10.9. The summed E-state index contributed by atoms with van der Waals surface area (Å²) in [7, 11) is 0. The zero-order valence-electron chi connectivity index (χ0n) is 8.76. The van der Waals surface area contributed by atoms with Crippen LogP contribution in [0.2, 0.25) is 0 Å². The van der Waals surface area contributed by atoms with Gasteiger partial charge in [0, 0.05) is 9.49 Å². The van der Waals surface area contributed by atoms with E-state index in [1.165, 1.54) is 0 Å². The number of aliphatic carboxylic acids is 1. The molecule has 2 nitrogen and oxygen atoms in total. The van der Waals surface area contributed by atoms with Crippen molar-refractivity contribution in [2.45, 2.75) is 50.0 Å². The lowest BCUT2D eigenvalue weighted by atomic mass is 9.87. The van der Waals surface area contributed by atoms with Crippen molar-refractivity contribution in [3.8, 4) is 0 Å². The highest BCUT2D eigenvalue weighted by Gasteiger charge is 2.41. The van der Waals surface area contributed by atoms with Gasteiger partial charge in [-0.3, -0.25) is 4.79 Å². The average molecular weight is 202 g/mol. The van der Waals surface area contributed by atoms with E-state index in [1.807, 2.05) is 11.8 Å². The SMILES string of the molecule is CC1(C)CC(C(=O)O)CC(C)(C)S1. The Kier molecular flexibility index (Phi) is 2.68. The van der Waals surface area contributed by atoms with Crippen molar-refractivity contribution in [2.24, 2.45) is 5.92 Å². The molecule has 0 amide bonds. The summed E-state index contributed by atoms with van der Waals surface area (Å²) < 4.78 is 0.204. The van der Waals surface area contributed by atoms with Crippen LogP contribution in [0.1, 0.15) is 40.5 Å². The maximum Gasteiger partial charge on any atom is 0.306 e. The predicted molar refractivity (Wildman–Crippen MR) is 56.1 cm³/mol. The number of thioether (sulfide) groups is 1. The van der Waals surface area contributed by atoms with Crippen molar-refractivity contribution in [1.29, 1.82) is 0 Å². The van der Waals surface area contributed by atoms with Gasteiger partial charge >= 0.3 is 5.97 Å². The minimum Gasteiger partial charge on any atom is -0.481 e. The second-order valence-electron chi connectivity index (χ2n) is 5.06. The Morgan fingerprint density at radius 2 is 1.62 bits per heavy atom. The molecule has 0 unspecified atom stereocenters. The fourth-order valence-corrected chi connectivity index (χ4v) is 4.33. The minimum absolute atomic E-state index is 0.102. The highest BCUT2D eigenvalue weighted by atomic mass is 32.2. The van der Waals surface area contributed by atoms with Crippen molar-refractivity contribution in [3.05, 3.63) is 0 Å². The van der Waals surface area contributed by atoms with Gasteiger partial charge in [-0.15, -0.1) is 11.8 Å². The van der Waals surface area contributed by atoms with Crippen LogP contribution in [0.25, 0.3) is 0 Å². The van der Waals surface area contributed by atoms with E-state index in [9.17, 15) is 4.79 Å². The molecule has 0 bridgehead atoms. The third-order valence-electron chi connectivity index (χ3n) is 2.38. The minimum atomic E-state index is -0.638. The number of carboxylic acids is 1. The van der Waals surface area contributed by atoms with Crippen molar-refractivity contribution in [3.63, 3.8) is 0 Å². The Bertz CT molecular complexity index is 205. The first-order valence-corrected chi connectivity index (χ1v) is 5.46. The van der Waals surface area contributed by atoms with Crippen molar-refractivity contribution < 1.29 is 9.90 Å². The van der Waals surface area contributed by atoms with Crippen LogP contribution in [0.15, 0.2) is 0 Å². The standard InChI is InChI=1S/C10H18O2S/c1-9(2)5-7(8(11)12)6-10(3,4)13-9/h7H,5-6H2,1-4H3,(H,11,12). The molecule has 1 N–H and O–H groups in total. The van der Waals surface area contributed by atoms with Crippen LogP contribution in [-0.4, -0.2) is 20.6 Å². The first-order chi connectivity index (χ1) is 5.72. The van der Waals surface area contributed by atoms with Crippen LogP contribution in [0.4, 0.5) is 0 Å². The third-order valence-corrected chi connectivity index (χ3v) is 3.82. The van der Waals surface area contributed by atoms with E-state index in [-0.39, 0.29) is 15.4 Å². The zero-order chi connectivity index (χ0) is 10.3. The highest BCUT2D eigenvalue weighted by molar-refractivity contribution is 8.01. The first-order valence-electron chi connectivity index (χ1n) is 4.65. The van der Waals surface area contributed by atoms with Gasteiger partial charge in [-0.25, -0.2) is 0 Å². The Morgan fingerprint density at radius 1 is 1.23 bits per heavy atom. The average Bonchev–Trinajstić information content (AvgIpc) is 1.79. The summed E-state index contributed by atoms with van der Waals surface area (Å²) in [6.07, 6.45) is 1.58. The Balaban J connectivity index is 2.78. The molecule has 1 heterocycles. The summed E-state index contributed by atoms with van der Waals surface area (Å²) in [6, 6.07) is 0. The Morgan fingerprint density at radius 3 is 1.92 bits per heavy atom. The molecule has 0 spiro atoms. The van der Waals surface area contributed by atoms with Crippen LogP contribution in [-0.2, 0) is 4.79 Å². The molecule has 1 fully saturated rings. The smallest absolute Gasteiger partial charge is 0.306 e. The first kappa shape index (κ1) is 10.9. The molecule has 0 radical (unpaired) electrons. The van der Waals surface area contributed by atoms with Gasteiger partial charge in [-0.05, 0) is 12.8 Å². The number of hydrogen-bond donors (Lipinski definition) is 1. The molecule has 1 aliphatic rings. The summed E-state index contributed by atoms with van der Waals surface area (Å²) in [5, 5.41) is 8.99. The summed E-state index contributed by atoms with van der Waals surface area (Å²) in [6.45, 7) is 8.53. The summed E-state index contributed by atoms with van der Waals surface area (Å²) >= 11 is 1.90. The van der Waals surface area contributed by atoms with Crippen molar-refractivity contribution in [2.75, 3.05) is 0 Å². The lowest BCUT2D eigenvalue weighted by Crippen LogP contribution is -2.39. The number of rotatable bonds is 1. The molecule has 0 aromatic heterocycles. The Labute approximate surface area is 84.1 Å². The van der Waals surface area contributed by atoms with Crippen molar-refractivity contribution >= 4 is 17.7 Å². The number of carbonyl (C=O) groups is 1. The van der Waals surface area contributed by atoms with Gasteiger partial charge in [0.2, 0.25) is 0 Å². The van der Waals surface area contributed by atoms with Gasteiger partial charge in [-0.1, -0.05) is 27.7 Å². The van der Waals surface area contributed by atoms with Crippen molar-refractivity contribution in [1.82, 2.24) is 0 Å². The van der Waals surface area contributed by atoms with E-state index in [4.69, 9.17) is 5.11 Å². The second-order valence-corrected chi connectivity index (χ2v) is 7.48. The zero-order valence-corrected chi connectivity index (χ0v) is 9.57. The molecule has 0 atom stereocenters. The highest BCUT2D eigenvalue weighted by Crippen LogP contribution is 2.49. The third kappa shape index (κ3) is 2.90. The van der Waals surface area contributed by atoms with Gasteiger partial charge in [0.25, 0.3) is 0 Å². The van der Waals surface area contributed by atoms with Crippen LogP contribution in [0.5, 0.6) is 0 Å². The van der Waals surface area contributed by atoms with Gasteiger partial charge in [0.15, 0.2) is 0 Å². The number of hydrogen-bond acceptors (Lipinski definition) is 2. The summed E-state index contributed by atoms with van der Waals surface area (Å²) in [5.74, 6) is -0.798. The molecule has 76 valence electrons. The van der Waals surface area contributed by atoms with E-state index in [1.54, 1.807) is 0 Å². The largest absolute Gasteiger partial charge is 0.481 e. The molecule has 0 aliphatic carbocycles. The van der Waals surface area contributed by atoms with Gasteiger partial charge in [0.05, 0.1) is 5.92 Å². The lowest BCUT2D eigenvalue weighted by Gasteiger charge is -2.42. The molecule has 3 heteroatoms. The molecule has 0 aromatic rings. The Hall–Kier alpha value is -0.180. The normalized spacial score (nSPS) is 27.1. The van der Waals surface area contributed by atoms with Gasteiger partial charge in [-0.2, -0.15) is 0 Å². The number of carboxylic acid groups (broad SMARTS) is 1. The molecule has 0 aromatic carbocycles. The van der Waals surface area contributed by atoms with E-state index in [0.717, 1.165) is 12.8 Å². The van der Waals surface area contributed by atoms with E-state index < -0.39 is 5.97 Å². The predicted octanol–water partition coefficient (Wildman–Crippen LogP) is 2.77. The molecule has 1 rings (SSSR count). The lowest BCUT2D eigenvalue weighted by molar-refractivity contribution is -0.142. The van der Waals surface area contributed by atoms with Gasteiger partial charge < -0.3 is 5.11 Å². The fourth-order valence-electron chi connectivity index (χ4n) is 2.26. The van der Waals surface area contributed by atoms with Crippen LogP contribution in [0, 0.1) is 5.92 Å². The quantitative estimate of drug-likeness (QED) is 0.710. The molecule has 13 heavy (non-hydrogen) atoms. The second kappa shape index (κ2) is 3.19.